The van der Waals surface area contributed by atoms with Crippen molar-refractivity contribution in [1.29, 1.82) is 0 Å². The van der Waals surface area contributed by atoms with Crippen molar-refractivity contribution >= 4 is 41.0 Å². The highest BCUT2D eigenvalue weighted by Crippen LogP contribution is 2.22. The third-order valence-electron chi connectivity index (χ3n) is 3.42. The van der Waals surface area contributed by atoms with E-state index in [1.165, 1.54) is 4.90 Å². The van der Waals surface area contributed by atoms with Crippen LogP contribution in [-0.2, 0) is 0 Å². The molecule has 1 heterocycles. The van der Waals surface area contributed by atoms with Gasteiger partial charge in [0.1, 0.15) is 0 Å². The van der Waals surface area contributed by atoms with Gasteiger partial charge in [-0.2, -0.15) is 11.8 Å². The Labute approximate surface area is 139 Å². The number of nitrogens with zero attached hydrogens (tertiary/aromatic N) is 1. The largest absolute Gasteiger partial charge is 0.345 e. The summed E-state index contributed by atoms with van der Waals surface area (Å²) in [5, 5.41) is 6.17. The third kappa shape index (κ3) is 4.55. The molecule has 3 amide bonds. The van der Waals surface area contributed by atoms with Crippen LogP contribution in [0.25, 0.3) is 0 Å². The second-order valence-corrected chi connectivity index (χ2v) is 7.04. The van der Waals surface area contributed by atoms with E-state index in [4.69, 9.17) is 11.6 Å². The summed E-state index contributed by atoms with van der Waals surface area (Å²) in [6, 6.07) is 4.74. The van der Waals surface area contributed by atoms with Gasteiger partial charge in [-0.1, -0.05) is 11.6 Å². The van der Waals surface area contributed by atoms with Crippen molar-refractivity contribution in [2.75, 3.05) is 30.9 Å². The Morgan fingerprint density at radius 3 is 2.59 bits per heavy atom. The van der Waals surface area contributed by atoms with E-state index in [1.807, 2.05) is 11.8 Å². The summed E-state index contributed by atoms with van der Waals surface area (Å²) in [6.07, 6.45) is 1.94. The number of carbonyl (C=O) groups is 2. The quantitative estimate of drug-likeness (QED) is 0.888. The highest BCUT2D eigenvalue weighted by Gasteiger charge is 2.19. The summed E-state index contributed by atoms with van der Waals surface area (Å²) in [7, 11) is 3.33. The number of amides is 3. The number of rotatable bonds is 3. The molecule has 0 aromatic heterocycles. The number of thioether (sulfide) groups is 1. The van der Waals surface area contributed by atoms with E-state index in [2.05, 4.69) is 10.6 Å². The average Bonchev–Trinajstić information content (AvgIpc) is 2.47. The molecule has 2 rings (SSSR count). The maximum absolute atomic E-state index is 12.2. The van der Waals surface area contributed by atoms with E-state index in [-0.39, 0.29) is 18.0 Å². The molecule has 7 heteroatoms. The lowest BCUT2D eigenvalue weighted by Crippen LogP contribution is -2.40. The van der Waals surface area contributed by atoms with Gasteiger partial charge in [-0.25, -0.2) is 4.79 Å². The van der Waals surface area contributed by atoms with Gasteiger partial charge < -0.3 is 15.5 Å². The Morgan fingerprint density at radius 2 is 1.95 bits per heavy atom. The number of halogens is 1. The van der Waals surface area contributed by atoms with Gasteiger partial charge in [-0.05, 0) is 42.5 Å². The highest BCUT2D eigenvalue weighted by molar-refractivity contribution is 7.99. The zero-order valence-electron chi connectivity index (χ0n) is 12.7. The van der Waals surface area contributed by atoms with E-state index in [9.17, 15) is 9.59 Å². The molecule has 2 N–H and O–H groups in total. The van der Waals surface area contributed by atoms with Crippen molar-refractivity contribution < 1.29 is 9.59 Å². The van der Waals surface area contributed by atoms with Crippen molar-refractivity contribution in [2.45, 2.75) is 18.9 Å². The van der Waals surface area contributed by atoms with Crippen molar-refractivity contribution in [2.24, 2.45) is 0 Å². The molecular formula is C15H20ClN3O2S. The first-order valence-corrected chi connectivity index (χ1v) is 8.67. The Morgan fingerprint density at radius 1 is 1.27 bits per heavy atom. The minimum Gasteiger partial charge on any atom is -0.345 e. The molecule has 0 aliphatic carbocycles. The van der Waals surface area contributed by atoms with Gasteiger partial charge in [-0.15, -0.1) is 0 Å². The van der Waals surface area contributed by atoms with Gasteiger partial charge in [-0.3, -0.25) is 4.79 Å². The summed E-state index contributed by atoms with van der Waals surface area (Å²) >= 11 is 7.88. The Kier molecular flexibility index (Phi) is 5.97. The number of hydrogen-bond acceptors (Lipinski definition) is 3. The molecular weight excluding hydrogens is 322 g/mol. The maximum Gasteiger partial charge on any atom is 0.319 e. The zero-order chi connectivity index (χ0) is 16.1. The number of carbonyl (C=O) groups excluding carboxylic acids is 2. The second kappa shape index (κ2) is 7.74. The van der Waals surface area contributed by atoms with Crippen LogP contribution in [0.15, 0.2) is 18.2 Å². The first kappa shape index (κ1) is 17.0. The lowest BCUT2D eigenvalue weighted by Gasteiger charge is -2.23. The fraction of sp³-hybridized carbons (Fsp3) is 0.467. The van der Waals surface area contributed by atoms with Crippen LogP contribution >= 0.6 is 23.4 Å². The molecule has 1 aliphatic heterocycles. The summed E-state index contributed by atoms with van der Waals surface area (Å²) in [6.45, 7) is 0. The molecule has 0 spiro atoms. The fourth-order valence-corrected chi connectivity index (χ4v) is 3.51. The van der Waals surface area contributed by atoms with Gasteiger partial charge in [0.15, 0.2) is 0 Å². The molecule has 22 heavy (non-hydrogen) atoms. The van der Waals surface area contributed by atoms with Crippen LogP contribution in [0.2, 0.25) is 5.02 Å². The third-order valence-corrected chi connectivity index (χ3v) is 4.71. The Balaban J connectivity index is 2.08. The van der Waals surface area contributed by atoms with Crippen LogP contribution in [0.3, 0.4) is 0 Å². The Hall–Kier alpha value is -1.40. The smallest absolute Gasteiger partial charge is 0.319 e. The number of urea groups is 1. The van der Waals surface area contributed by atoms with Crippen LogP contribution < -0.4 is 10.6 Å². The van der Waals surface area contributed by atoms with Crippen LogP contribution in [-0.4, -0.2) is 48.5 Å². The predicted octanol–water partition coefficient (Wildman–Crippen LogP) is 3.06. The summed E-state index contributed by atoms with van der Waals surface area (Å²) in [5.74, 6) is 1.94. The topological polar surface area (TPSA) is 61.4 Å². The zero-order valence-corrected chi connectivity index (χ0v) is 14.3. The van der Waals surface area contributed by atoms with Gasteiger partial charge in [0.05, 0.1) is 11.3 Å². The van der Waals surface area contributed by atoms with Gasteiger partial charge in [0.25, 0.3) is 5.91 Å². The van der Waals surface area contributed by atoms with Crippen LogP contribution in [0.5, 0.6) is 0 Å². The van der Waals surface area contributed by atoms with Gasteiger partial charge in [0, 0.05) is 25.2 Å². The van der Waals surface area contributed by atoms with Crippen molar-refractivity contribution in [3.63, 3.8) is 0 Å². The molecule has 0 radical (unpaired) electrons. The molecule has 0 bridgehead atoms. The first-order valence-electron chi connectivity index (χ1n) is 7.14. The molecule has 1 fully saturated rings. The van der Waals surface area contributed by atoms with Crippen LogP contribution in [0.1, 0.15) is 23.2 Å². The van der Waals surface area contributed by atoms with Gasteiger partial charge >= 0.3 is 6.03 Å². The number of benzene rings is 1. The molecule has 1 aromatic carbocycles. The minimum atomic E-state index is -0.299. The fourth-order valence-electron chi connectivity index (χ4n) is 2.23. The van der Waals surface area contributed by atoms with Crippen LogP contribution in [0, 0.1) is 0 Å². The second-order valence-electron chi connectivity index (χ2n) is 5.37. The van der Waals surface area contributed by atoms with E-state index in [1.54, 1.807) is 32.3 Å². The van der Waals surface area contributed by atoms with E-state index >= 15 is 0 Å². The molecule has 0 saturated carbocycles. The standard InChI is InChI=1S/C15H20ClN3O2S/c1-19(2)14(20)12-4-3-10(16)9-13(12)18-15(21)17-11-5-7-22-8-6-11/h3-4,9,11H,5-8H2,1-2H3,(H2,17,18,21). The Bertz CT molecular complexity index is 560. The van der Waals surface area contributed by atoms with E-state index in [0.717, 1.165) is 24.3 Å². The molecule has 1 aromatic rings. The lowest BCUT2D eigenvalue weighted by molar-refractivity contribution is 0.0828. The number of anilines is 1. The van der Waals surface area contributed by atoms with Crippen molar-refractivity contribution in [1.82, 2.24) is 10.2 Å². The molecule has 1 aliphatic rings. The molecule has 1 saturated heterocycles. The van der Waals surface area contributed by atoms with Crippen molar-refractivity contribution in [3.8, 4) is 0 Å². The van der Waals surface area contributed by atoms with E-state index in [0.29, 0.717) is 16.3 Å². The summed E-state index contributed by atoms with van der Waals surface area (Å²) < 4.78 is 0. The lowest BCUT2D eigenvalue weighted by atomic mass is 10.1. The number of hydrogen-bond donors (Lipinski definition) is 2. The predicted molar refractivity (Wildman–Crippen MR) is 92.0 cm³/mol. The normalized spacial score (nSPS) is 15.2. The molecule has 0 unspecified atom stereocenters. The maximum atomic E-state index is 12.2. The van der Waals surface area contributed by atoms with Crippen molar-refractivity contribution in [3.05, 3.63) is 28.8 Å². The average molecular weight is 342 g/mol. The molecule has 0 atom stereocenters. The monoisotopic (exact) mass is 341 g/mol. The van der Waals surface area contributed by atoms with Crippen LogP contribution in [0.4, 0.5) is 10.5 Å². The molecule has 120 valence electrons. The first-order chi connectivity index (χ1) is 10.5. The minimum absolute atomic E-state index is 0.180. The highest BCUT2D eigenvalue weighted by atomic mass is 35.5. The molecule has 5 nitrogen and oxygen atoms in total. The summed E-state index contributed by atoms with van der Waals surface area (Å²) in [4.78, 5) is 25.8. The SMILES string of the molecule is CN(C)C(=O)c1ccc(Cl)cc1NC(=O)NC1CCSCC1. The summed E-state index contributed by atoms with van der Waals surface area (Å²) in [5.41, 5.74) is 0.845. The number of nitrogens with one attached hydrogen (secondary N) is 2. The van der Waals surface area contributed by atoms with Gasteiger partial charge in [0.2, 0.25) is 0 Å². The van der Waals surface area contributed by atoms with E-state index < -0.39 is 0 Å².